The van der Waals surface area contributed by atoms with E-state index in [1.807, 2.05) is 6.92 Å². The van der Waals surface area contributed by atoms with Crippen molar-refractivity contribution in [3.05, 3.63) is 42.5 Å². The first-order valence-electron chi connectivity index (χ1n) is 10.6. The summed E-state index contributed by atoms with van der Waals surface area (Å²) in [5, 5.41) is 2.86. The van der Waals surface area contributed by atoms with Gasteiger partial charge in [0.1, 0.15) is 19.0 Å². The van der Waals surface area contributed by atoms with E-state index < -0.39 is 9.84 Å². The largest absolute Gasteiger partial charge is 0.497 e. The Kier molecular flexibility index (Phi) is 7.05. The van der Waals surface area contributed by atoms with Crippen molar-refractivity contribution in [1.82, 2.24) is 4.98 Å². The molecule has 2 heterocycles. The standard InChI is InChI=1S/C23H26N2O7S/c1-3-29-12-4-11-24-22-23(25-21(32-22)16-5-7-17(28-2)8-6-16)33(26,27)18-9-10-19-20(15-18)31-14-13-30-19/h5-10,15,24H,3-4,11-14H2,1-2H3. The Morgan fingerprint density at radius 2 is 1.82 bits per heavy atom. The van der Waals surface area contributed by atoms with Crippen molar-refractivity contribution in [2.24, 2.45) is 0 Å². The Hall–Kier alpha value is -3.24. The number of anilines is 1. The van der Waals surface area contributed by atoms with Gasteiger partial charge in [-0.3, -0.25) is 0 Å². The van der Waals surface area contributed by atoms with Gasteiger partial charge in [-0.05, 0) is 49.7 Å². The first kappa shape index (κ1) is 22.9. The van der Waals surface area contributed by atoms with Gasteiger partial charge in [0.2, 0.25) is 26.6 Å². The van der Waals surface area contributed by atoms with E-state index >= 15 is 0 Å². The van der Waals surface area contributed by atoms with Gasteiger partial charge >= 0.3 is 0 Å². The van der Waals surface area contributed by atoms with Crippen LogP contribution in [-0.2, 0) is 14.6 Å². The molecule has 0 amide bonds. The van der Waals surface area contributed by atoms with Crippen LogP contribution in [0.5, 0.6) is 17.2 Å². The van der Waals surface area contributed by atoms with Crippen LogP contribution in [0.2, 0.25) is 0 Å². The lowest BCUT2D eigenvalue weighted by Gasteiger charge is -2.18. The van der Waals surface area contributed by atoms with Gasteiger partial charge < -0.3 is 28.7 Å². The number of benzene rings is 2. The van der Waals surface area contributed by atoms with E-state index in [-0.39, 0.29) is 21.7 Å². The molecular formula is C23H26N2O7S. The first-order chi connectivity index (χ1) is 16.0. The van der Waals surface area contributed by atoms with E-state index in [2.05, 4.69) is 10.3 Å². The highest BCUT2D eigenvalue weighted by Gasteiger charge is 2.30. The lowest BCUT2D eigenvalue weighted by Crippen LogP contribution is -2.16. The zero-order valence-electron chi connectivity index (χ0n) is 18.5. The first-order valence-corrected chi connectivity index (χ1v) is 12.1. The molecule has 1 N–H and O–H groups in total. The molecule has 0 radical (unpaired) electrons. The van der Waals surface area contributed by atoms with Crippen molar-refractivity contribution < 1.29 is 31.8 Å². The fourth-order valence-electron chi connectivity index (χ4n) is 3.28. The molecule has 0 bridgehead atoms. The highest BCUT2D eigenvalue weighted by molar-refractivity contribution is 7.91. The molecule has 0 spiro atoms. The fraction of sp³-hybridized carbons (Fsp3) is 0.348. The molecule has 0 saturated heterocycles. The maximum atomic E-state index is 13.5. The van der Waals surface area contributed by atoms with Gasteiger partial charge in [-0.25, -0.2) is 8.42 Å². The molecule has 1 aliphatic rings. The third kappa shape index (κ3) is 5.07. The zero-order chi connectivity index (χ0) is 23.3. The minimum Gasteiger partial charge on any atom is -0.497 e. The third-order valence-electron chi connectivity index (χ3n) is 4.97. The molecule has 3 aromatic rings. The number of nitrogens with zero attached hydrogens (tertiary/aromatic N) is 1. The Labute approximate surface area is 192 Å². The zero-order valence-corrected chi connectivity index (χ0v) is 19.3. The van der Waals surface area contributed by atoms with Crippen LogP contribution in [0.3, 0.4) is 0 Å². The summed E-state index contributed by atoms with van der Waals surface area (Å²) in [6, 6.07) is 11.5. The molecule has 0 aliphatic carbocycles. The number of hydrogen-bond acceptors (Lipinski definition) is 9. The van der Waals surface area contributed by atoms with Gasteiger partial charge in [0.05, 0.1) is 12.0 Å². The highest BCUT2D eigenvalue weighted by Crippen LogP contribution is 2.37. The van der Waals surface area contributed by atoms with Crippen LogP contribution in [-0.4, -0.2) is 53.5 Å². The van der Waals surface area contributed by atoms with E-state index in [0.29, 0.717) is 62.2 Å². The topological polar surface area (TPSA) is 109 Å². The summed E-state index contributed by atoms with van der Waals surface area (Å²) in [6.45, 7) is 4.32. The molecule has 1 aromatic heterocycles. The molecule has 0 fully saturated rings. The molecule has 10 heteroatoms. The fourth-order valence-corrected chi connectivity index (χ4v) is 4.57. The smallest absolute Gasteiger partial charge is 0.233 e. The summed E-state index contributed by atoms with van der Waals surface area (Å²) in [5.41, 5.74) is 0.622. The second kappa shape index (κ2) is 10.1. The SMILES string of the molecule is CCOCCCNc1oc(-c2ccc(OC)cc2)nc1S(=O)(=O)c1ccc2c(c1)OCCO2. The second-order valence-corrected chi connectivity index (χ2v) is 9.03. The average Bonchev–Trinajstić information content (AvgIpc) is 3.29. The summed E-state index contributed by atoms with van der Waals surface area (Å²) < 4.78 is 54.5. The summed E-state index contributed by atoms with van der Waals surface area (Å²) in [6.07, 6.45) is 0.677. The number of rotatable bonds is 10. The Bertz CT molecular complexity index is 1190. The lowest BCUT2D eigenvalue weighted by molar-refractivity contribution is 0.147. The van der Waals surface area contributed by atoms with Crippen LogP contribution >= 0.6 is 0 Å². The minimum absolute atomic E-state index is 0.0405. The Morgan fingerprint density at radius 3 is 2.55 bits per heavy atom. The molecule has 0 atom stereocenters. The van der Waals surface area contributed by atoms with Gasteiger partial charge in [0.15, 0.2) is 11.5 Å². The average molecular weight is 475 g/mol. The molecular weight excluding hydrogens is 448 g/mol. The predicted octanol–water partition coefficient (Wildman–Crippen LogP) is 3.79. The van der Waals surface area contributed by atoms with E-state index in [4.69, 9.17) is 23.4 Å². The maximum Gasteiger partial charge on any atom is 0.233 e. The predicted molar refractivity (Wildman–Crippen MR) is 121 cm³/mol. The Balaban J connectivity index is 1.68. The van der Waals surface area contributed by atoms with Crippen LogP contribution in [0, 0.1) is 0 Å². The second-order valence-electron chi connectivity index (χ2n) is 7.17. The molecule has 9 nitrogen and oxygen atoms in total. The molecule has 176 valence electrons. The third-order valence-corrected chi connectivity index (χ3v) is 6.63. The summed E-state index contributed by atoms with van der Waals surface area (Å²) in [5.74, 6) is 1.82. The van der Waals surface area contributed by atoms with Crippen molar-refractivity contribution >= 4 is 15.7 Å². The van der Waals surface area contributed by atoms with Gasteiger partial charge in [-0.2, -0.15) is 4.98 Å². The van der Waals surface area contributed by atoms with Gasteiger partial charge in [-0.15, -0.1) is 0 Å². The highest BCUT2D eigenvalue weighted by atomic mass is 32.2. The van der Waals surface area contributed by atoms with Crippen LogP contribution in [0.4, 0.5) is 5.88 Å². The minimum atomic E-state index is -4.01. The summed E-state index contributed by atoms with van der Waals surface area (Å²) in [4.78, 5) is 4.39. The number of nitrogens with one attached hydrogen (secondary N) is 1. The van der Waals surface area contributed by atoms with Crippen LogP contribution in [0.15, 0.2) is 56.8 Å². The number of oxazole rings is 1. The summed E-state index contributed by atoms with van der Waals surface area (Å²) in [7, 11) is -2.44. The number of aromatic nitrogens is 1. The number of ether oxygens (including phenoxy) is 4. The number of hydrogen-bond donors (Lipinski definition) is 1. The maximum absolute atomic E-state index is 13.5. The molecule has 33 heavy (non-hydrogen) atoms. The van der Waals surface area contributed by atoms with Crippen molar-refractivity contribution in [2.45, 2.75) is 23.3 Å². The Morgan fingerprint density at radius 1 is 1.06 bits per heavy atom. The van der Waals surface area contributed by atoms with E-state index in [1.165, 1.54) is 12.1 Å². The lowest BCUT2D eigenvalue weighted by atomic mass is 10.2. The van der Waals surface area contributed by atoms with Crippen molar-refractivity contribution in [3.63, 3.8) is 0 Å². The number of methoxy groups -OCH3 is 1. The molecule has 2 aromatic carbocycles. The van der Waals surface area contributed by atoms with Gasteiger partial charge in [0, 0.05) is 31.4 Å². The normalized spacial score (nSPS) is 13.0. The molecule has 4 rings (SSSR count). The van der Waals surface area contributed by atoms with Gasteiger partial charge in [0.25, 0.3) is 0 Å². The van der Waals surface area contributed by atoms with E-state index in [0.717, 1.165) is 0 Å². The van der Waals surface area contributed by atoms with Crippen LogP contribution in [0.25, 0.3) is 11.5 Å². The number of fused-ring (bicyclic) bond motifs is 1. The monoisotopic (exact) mass is 474 g/mol. The van der Waals surface area contributed by atoms with Crippen molar-refractivity contribution in [1.29, 1.82) is 0 Å². The van der Waals surface area contributed by atoms with Crippen LogP contribution < -0.4 is 19.5 Å². The molecule has 0 saturated carbocycles. The molecule has 0 unspecified atom stereocenters. The summed E-state index contributed by atoms with van der Waals surface area (Å²) >= 11 is 0. The van der Waals surface area contributed by atoms with Gasteiger partial charge in [-0.1, -0.05) is 0 Å². The molecule has 1 aliphatic heterocycles. The quantitative estimate of drug-likeness (QED) is 0.439. The number of sulfone groups is 1. The van der Waals surface area contributed by atoms with E-state index in [9.17, 15) is 8.42 Å². The van der Waals surface area contributed by atoms with Crippen molar-refractivity contribution in [2.75, 3.05) is 45.4 Å². The van der Waals surface area contributed by atoms with Crippen molar-refractivity contribution in [3.8, 4) is 28.7 Å². The van der Waals surface area contributed by atoms with E-state index in [1.54, 1.807) is 37.4 Å². The van der Waals surface area contributed by atoms with Crippen LogP contribution in [0.1, 0.15) is 13.3 Å².